The van der Waals surface area contributed by atoms with E-state index in [-0.39, 0.29) is 11.5 Å². The van der Waals surface area contributed by atoms with Crippen LogP contribution in [0, 0.1) is 5.41 Å². The molecule has 0 bridgehead atoms. The Morgan fingerprint density at radius 1 is 1.75 bits per heavy atom. The summed E-state index contributed by atoms with van der Waals surface area (Å²) in [6.45, 7) is 4.19. The first-order chi connectivity index (χ1) is 3.67. The normalized spacial score (nSPS) is 31.0. The monoisotopic (exact) mass is 111 g/mol. The van der Waals surface area contributed by atoms with Gasteiger partial charge in [0.25, 0.3) is 0 Å². The molecule has 2 heteroatoms. The number of hydrogen-bond donors (Lipinski definition) is 0. The quantitative estimate of drug-likeness (QED) is 0.368. The first-order valence-corrected chi connectivity index (χ1v) is 2.74. The van der Waals surface area contributed by atoms with Crippen LogP contribution < -0.4 is 0 Å². The van der Waals surface area contributed by atoms with Crippen molar-refractivity contribution in [1.29, 1.82) is 0 Å². The van der Waals surface area contributed by atoms with E-state index in [4.69, 9.17) is 0 Å². The summed E-state index contributed by atoms with van der Waals surface area (Å²) in [5, 5.41) is 0. The van der Waals surface area contributed by atoms with Crippen LogP contribution >= 0.6 is 0 Å². The smallest absolute Gasteiger partial charge is 0.211 e. The van der Waals surface area contributed by atoms with E-state index in [0.29, 0.717) is 0 Å². The third kappa shape index (κ3) is 0.797. The van der Waals surface area contributed by atoms with E-state index in [9.17, 15) is 4.79 Å². The standard InChI is InChI=1S/C6H9NO/c1-6(2)3-5(6)7-4-8/h5H,3H2,1-2H3/t5-/m0/s1. The fourth-order valence-electron chi connectivity index (χ4n) is 0.723. The molecule has 0 spiro atoms. The molecule has 1 fully saturated rings. The van der Waals surface area contributed by atoms with Crippen molar-refractivity contribution in [3.63, 3.8) is 0 Å². The average Bonchev–Trinajstić information content (AvgIpc) is 2.15. The number of rotatable bonds is 1. The molecule has 0 saturated heterocycles. The molecule has 0 amide bonds. The molecule has 2 nitrogen and oxygen atoms in total. The number of hydrogen-bond acceptors (Lipinski definition) is 2. The Morgan fingerprint density at radius 2 is 2.25 bits per heavy atom. The maximum Gasteiger partial charge on any atom is 0.235 e. The minimum Gasteiger partial charge on any atom is -0.211 e. The maximum atomic E-state index is 9.65. The molecule has 0 unspecified atom stereocenters. The van der Waals surface area contributed by atoms with E-state index in [0.717, 1.165) is 6.42 Å². The molecule has 0 aromatic carbocycles. The van der Waals surface area contributed by atoms with Crippen molar-refractivity contribution in [1.82, 2.24) is 0 Å². The number of aliphatic imine (C=N–C) groups is 1. The van der Waals surface area contributed by atoms with Crippen molar-refractivity contribution in [2.75, 3.05) is 0 Å². The summed E-state index contributed by atoms with van der Waals surface area (Å²) in [6.07, 6.45) is 2.60. The molecule has 44 valence electrons. The zero-order valence-electron chi connectivity index (χ0n) is 5.14. The zero-order chi connectivity index (χ0) is 6.20. The second-order valence-electron chi connectivity index (χ2n) is 2.93. The molecule has 8 heavy (non-hydrogen) atoms. The predicted molar refractivity (Wildman–Crippen MR) is 30.3 cm³/mol. The Labute approximate surface area is 48.6 Å². The van der Waals surface area contributed by atoms with Gasteiger partial charge in [-0.25, -0.2) is 9.79 Å². The van der Waals surface area contributed by atoms with Crippen LogP contribution in [0.3, 0.4) is 0 Å². The summed E-state index contributed by atoms with van der Waals surface area (Å²) in [6, 6.07) is 0.264. The third-order valence-electron chi connectivity index (χ3n) is 1.67. The molecule has 1 aliphatic carbocycles. The molecular formula is C6H9NO. The summed E-state index contributed by atoms with van der Waals surface area (Å²) in [4.78, 5) is 13.2. The Kier molecular flexibility index (Phi) is 0.983. The summed E-state index contributed by atoms with van der Waals surface area (Å²) >= 11 is 0. The van der Waals surface area contributed by atoms with Crippen LogP contribution in [0.1, 0.15) is 20.3 Å². The molecular weight excluding hydrogens is 102 g/mol. The topological polar surface area (TPSA) is 29.4 Å². The Hall–Kier alpha value is -0.620. The summed E-state index contributed by atoms with van der Waals surface area (Å²) in [7, 11) is 0. The lowest BCUT2D eigenvalue weighted by Crippen LogP contribution is -1.89. The van der Waals surface area contributed by atoms with Gasteiger partial charge < -0.3 is 0 Å². The first-order valence-electron chi connectivity index (χ1n) is 2.74. The lowest BCUT2D eigenvalue weighted by molar-refractivity contribution is 0.557. The van der Waals surface area contributed by atoms with Gasteiger partial charge in [-0.1, -0.05) is 13.8 Å². The lowest BCUT2D eigenvalue weighted by atomic mass is 10.2. The fraction of sp³-hybridized carbons (Fsp3) is 0.833. The molecule has 1 rings (SSSR count). The molecule has 0 aromatic rings. The van der Waals surface area contributed by atoms with E-state index in [1.165, 1.54) is 0 Å². The van der Waals surface area contributed by atoms with Gasteiger partial charge in [-0.2, -0.15) is 0 Å². The molecule has 1 atom stereocenters. The number of nitrogens with zero attached hydrogens (tertiary/aromatic N) is 1. The molecule has 1 saturated carbocycles. The molecule has 0 radical (unpaired) electrons. The maximum absolute atomic E-state index is 9.65. The molecule has 1 aliphatic rings. The van der Waals surface area contributed by atoms with Crippen LogP contribution in [0.4, 0.5) is 0 Å². The van der Waals surface area contributed by atoms with E-state index >= 15 is 0 Å². The van der Waals surface area contributed by atoms with Crippen molar-refractivity contribution in [2.45, 2.75) is 26.3 Å². The number of isocyanates is 1. The molecule has 0 aliphatic heterocycles. The van der Waals surface area contributed by atoms with Gasteiger partial charge >= 0.3 is 0 Å². The average molecular weight is 111 g/mol. The van der Waals surface area contributed by atoms with E-state index < -0.39 is 0 Å². The van der Waals surface area contributed by atoms with Gasteiger partial charge in [0.1, 0.15) is 0 Å². The predicted octanol–water partition coefficient (Wildman–Crippen LogP) is 1.12. The minimum atomic E-state index is 0.264. The van der Waals surface area contributed by atoms with E-state index in [1.807, 2.05) is 0 Å². The second kappa shape index (κ2) is 1.43. The van der Waals surface area contributed by atoms with Gasteiger partial charge in [0.05, 0.1) is 6.04 Å². The highest BCUT2D eigenvalue weighted by Crippen LogP contribution is 2.46. The Morgan fingerprint density at radius 3 is 2.38 bits per heavy atom. The highest BCUT2D eigenvalue weighted by molar-refractivity contribution is 5.35. The van der Waals surface area contributed by atoms with Crippen molar-refractivity contribution >= 4 is 6.08 Å². The van der Waals surface area contributed by atoms with Crippen LogP contribution in [0.25, 0.3) is 0 Å². The van der Waals surface area contributed by atoms with Crippen LogP contribution in [-0.2, 0) is 4.79 Å². The lowest BCUT2D eigenvalue weighted by Gasteiger charge is -1.91. The van der Waals surface area contributed by atoms with Gasteiger partial charge in [-0.15, -0.1) is 0 Å². The SMILES string of the molecule is CC1(C)C[C@@H]1N=C=O. The largest absolute Gasteiger partial charge is 0.235 e. The van der Waals surface area contributed by atoms with Crippen LogP contribution in [0.5, 0.6) is 0 Å². The highest BCUT2D eigenvalue weighted by atomic mass is 16.1. The van der Waals surface area contributed by atoms with Crippen molar-refractivity contribution in [2.24, 2.45) is 10.4 Å². The second-order valence-corrected chi connectivity index (χ2v) is 2.93. The summed E-state index contributed by atoms with van der Waals surface area (Å²) < 4.78 is 0. The van der Waals surface area contributed by atoms with Crippen LogP contribution in [-0.4, -0.2) is 12.1 Å². The minimum absolute atomic E-state index is 0.264. The highest BCUT2D eigenvalue weighted by Gasteiger charge is 2.45. The van der Waals surface area contributed by atoms with Gasteiger partial charge in [-0.3, -0.25) is 0 Å². The molecule has 0 aromatic heterocycles. The molecule has 0 heterocycles. The van der Waals surface area contributed by atoms with Crippen molar-refractivity contribution in [3.8, 4) is 0 Å². The van der Waals surface area contributed by atoms with Crippen molar-refractivity contribution < 1.29 is 4.79 Å². The van der Waals surface area contributed by atoms with Gasteiger partial charge in [0.2, 0.25) is 6.08 Å². The van der Waals surface area contributed by atoms with E-state index in [2.05, 4.69) is 18.8 Å². The van der Waals surface area contributed by atoms with Gasteiger partial charge in [-0.05, 0) is 11.8 Å². The fourth-order valence-corrected chi connectivity index (χ4v) is 0.723. The third-order valence-corrected chi connectivity index (χ3v) is 1.67. The summed E-state index contributed by atoms with van der Waals surface area (Å²) in [5.41, 5.74) is 0.289. The Bertz CT molecular complexity index is 145. The van der Waals surface area contributed by atoms with Gasteiger partial charge in [0, 0.05) is 0 Å². The number of carbonyl (C=O) groups excluding carboxylic acids is 1. The van der Waals surface area contributed by atoms with E-state index in [1.54, 1.807) is 6.08 Å². The van der Waals surface area contributed by atoms with Crippen molar-refractivity contribution in [3.05, 3.63) is 0 Å². The Balaban J connectivity index is 2.48. The zero-order valence-corrected chi connectivity index (χ0v) is 5.14. The van der Waals surface area contributed by atoms with Gasteiger partial charge in [0.15, 0.2) is 0 Å². The molecule has 0 N–H and O–H groups in total. The first kappa shape index (κ1) is 5.52. The summed E-state index contributed by atoms with van der Waals surface area (Å²) in [5.74, 6) is 0. The van der Waals surface area contributed by atoms with Crippen LogP contribution in [0.15, 0.2) is 4.99 Å². The van der Waals surface area contributed by atoms with Crippen LogP contribution in [0.2, 0.25) is 0 Å².